The quantitative estimate of drug-likeness (QED) is 0.711. The van der Waals surface area contributed by atoms with Gasteiger partial charge in [0.1, 0.15) is 5.82 Å². The van der Waals surface area contributed by atoms with Crippen LogP contribution in [0.3, 0.4) is 0 Å². The molecule has 0 unspecified atom stereocenters. The summed E-state index contributed by atoms with van der Waals surface area (Å²) in [7, 11) is -2.97. The molecule has 8 heteroatoms. The molecule has 7 nitrogen and oxygen atoms in total. The zero-order valence-corrected chi connectivity index (χ0v) is 18.7. The highest BCUT2D eigenvalue weighted by molar-refractivity contribution is 7.91. The van der Waals surface area contributed by atoms with E-state index in [-0.39, 0.29) is 17.4 Å². The van der Waals surface area contributed by atoms with Gasteiger partial charge >= 0.3 is 0 Å². The summed E-state index contributed by atoms with van der Waals surface area (Å²) in [5.74, 6) is 1.96. The van der Waals surface area contributed by atoms with Gasteiger partial charge in [-0.1, -0.05) is 24.3 Å². The van der Waals surface area contributed by atoms with Crippen molar-refractivity contribution in [1.82, 2.24) is 14.8 Å². The Bertz CT molecular complexity index is 1020. The number of allylic oxidation sites excluding steroid dienone is 1. The van der Waals surface area contributed by atoms with Gasteiger partial charge in [-0.05, 0) is 50.8 Å². The van der Waals surface area contributed by atoms with E-state index in [9.17, 15) is 8.42 Å². The topological polar surface area (TPSA) is 80.1 Å². The summed E-state index contributed by atoms with van der Waals surface area (Å²) in [5.41, 5.74) is 3.43. The minimum absolute atomic E-state index is 0.0730. The maximum atomic E-state index is 12.0. The Labute approximate surface area is 179 Å². The number of piperidine rings is 1. The van der Waals surface area contributed by atoms with Crippen LogP contribution in [0.2, 0.25) is 0 Å². The summed E-state index contributed by atoms with van der Waals surface area (Å²) in [5, 5.41) is 12.6. The molecule has 3 heterocycles. The molecule has 2 aliphatic rings. The smallest absolute Gasteiger partial charge is 0.227 e. The van der Waals surface area contributed by atoms with Crippen LogP contribution in [0.25, 0.3) is 0 Å². The van der Waals surface area contributed by atoms with Crippen molar-refractivity contribution in [3.63, 3.8) is 0 Å². The third-order valence-electron chi connectivity index (χ3n) is 5.95. The molecule has 1 aromatic carbocycles. The third-order valence-corrected chi connectivity index (χ3v) is 7.72. The van der Waals surface area contributed by atoms with E-state index >= 15 is 0 Å². The normalized spacial score (nSPS) is 21.7. The number of aromatic nitrogens is 3. The highest BCUT2D eigenvalue weighted by atomic mass is 32.2. The standard InChI is InChI=1S/C22H31N5O2S/c1-16(2)14-27-21(18-9-12-30(28,29)15-18)24-25-22(27)26-10-7-19(8-11-26)23-20-6-4-5-17(3)13-20/h4-6,13,18-19,23H,1,7-12,14-15H2,2-3H3/t18-/m1/s1. The number of hydrogen-bond donors (Lipinski definition) is 1. The number of sulfone groups is 1. The van der Waals surface area contributed by atoms with Gasteiger partial charge in [0.05, 0.1) is 11.5 Å². The first-order chi connectivity index (χ1) is 14.3. The van der Waals surface area contributed by atoms with Crippen LogP contribution in [0, 0.1) is 6.92 Å². The van der Waals surface area contributed by atoms with Crippen LogP contribution in [0.1, 0.15) is 43.5 Å². The molecule has 2 fully saturated rings. The fourth-order valence-electron chi connectivity index (χ4n) is 4.46. The molecule has 2 aromatic rings. The molecule has 0 radical (unpaired) electrons. The lowest BCUT2D eigenvalue weighted by atomic mass is 10.0. The van der Waals surface area contributed by atoms with Crippen LogP contribution in [0.15, 0.2) is 36.4 Å². The molecule has 0 bridgehead atoms. The predicted molar refractivity (Wildman–Crippen MR) is 121 cm³/mol. The van der Waals surface area contributed by atoms with Crippen LogP contribution in [0.4, 0.5) is 11.6 Å². The Kier molecular flexibility index (Phi) is 5.86. The van der Waals surface area contributed by atoms with E-state index in [1.54, 1.807) is 0 Å². The zero-order valence-electron chi connectivity index (χ0n) is 17.8. The molecule has 30 heavy (non-hydrogen) atoms. The summed E-state index contributed by atoms with van der Waals surface area (Å²) >= 11 is 0. The maximum absolute atomic E-state index is 12.0. The third kappa shape index (κ3) is 4.69. The monoisotopic (exact) mass is 429 g/mol. The van der Waals surface area contributed by atoms with E-state index in [2.05, 4.69) is 62.7 Å². The minimum atomic E-state index is -2.97. The van der Waals surface area contributed by atoms with Crippen LogP contribution in [-0.2, 0) is 16.4 Å². The molecule has 1 atom stereocenters. The van der Waals surface area contributed by atoms with Crippen LogP contribution in [-0.4, -0.2) is 53.8 Å². The molecule has 2 aliphatic heterocycles. The van der Waals surface area contributed by atoms with E-state index in [0.717, 1.165) is 43.3 Å². The lowest BCUT2D eigenvalue weighted by Gasteiger charge is -2.33. The number of nitrogens with zero attached hydrogens (tertiary/aromatic N) is 4. The Hall–Kier alpha value is -2.35. The summed E-state index contributed by atoms with van der Waals surface area (Å²) in [6, 6.07) is 8.91. The number of benzene rings is 1. The summed E-state index contributed by atoms with van der Waals surface area (Å²) < 4.78 is 26.0. The number of anilines is 2. The van der Waals surface area contributed by atoms with Gasteiger partial charge in [-0.25, -0.2) is 8.42 Å². The lowest BCUT2D eigenvalue weighted by molar-refractivity contribution is 0.511. The molecular weight excluding hydrogens is 398 g/mol. The highest BCUT2D eigenvalue weighted by Crippen LogP contribution is 2.31. The first kappa shape index (κ1) is 20.9. The van der Waals surface area contributed by atoms with Gasteiger partial charge in [0.2, 0.25) is 5.95 Å². The maximum Gasteiger partial charge on any atom is 0.227 e. The average molecular weight is 430 g/mol. The van der Waals surface area contributed by atoms with E-state index in [4.69, 9.17) is 0 Å². The summed E-state index contributed by atoms with van der Waals surface area (Å²) in [6.45, 7) is 10.5. The highest BCUT2D eigenvalue weighted by Gasteiger charge is 2.34. The SMILES string of the molecule is C=C(C)Cn1c([C@@H]2CCS(=O)(=O)C2)nnc1N1CCC(Nc2cccc(C)c2)CC1. The molecule has 4 rings (SSSR count). The number of hydrogen-bond acceptors (Lipinski definition) is 6. The van der Waals surface area contributed by atoms with Gasteiger partial charge < -0.3 is 10.2 Å². The summed E-state index contributed by atoms with van der Waals surface area (Å²) in [6.07, 6.45) is 2.65. The predicted octanol–water partition coefficient (Wildman–Crippen LogP) is 3.15. The van der Waals surface area contributed by atoms with Gasteiger partial charge in [0, 0.05) is 37.3 Å². The van der Waals surface area contributed by atoms with E-state index in [1.807, 2.05) is 6.92 Å². The fourth-order valence-corrected chi connectivity index (χ4v) is 6.20. The lowest BCUT2D eigenvalue weighted by Crippen LogP contribution is -2.40. The zero-order chi connectivity index (χ0) is 21.3. The first-order valence-electron chi connectivity index (χ1n) is 10.7. The molecule has 1 N–H and O–H groups in total. The van der Waals surface area contributed by atoms with Gasteiger partial charge in [0.25, 0.3) is 0 Å². The van der Waals surface area contributed by atoms with E-state index in [1.165, 1.54) is 11.3 Å². The second-order valence-corrected chi connectivity index (χ2v) is 11.0. The number of rotatable bonds is 6. The Balaban J connectivity index is 1.47. The molecule has 0 saturated carbocycles. The van der Waals surface area contributed by atoms with Crippen molar-refractivity contribution in [2.45, 2.75) is 51.6 Å². The van der Waals surface area contributed by atoms with E-state index < -0.39 is 9.84 Å². The van der Waals surface area contributed by atoms with Gasteiger partial charge in [-0.2, -0.15) is 0 Å². The molecule has 0 amide bonds. The van der Waals surface area contributed by atoms with Crippen LogP contribution in [0.5, 0.6) is 0 Å². The molecule has 162 valence electrons. The van der Waals surface area contributed by atoms with Crippen molar-refractivity contribution in [2.24, 2.45) is 0 Å². The minimum Gasteiger partial charge on any atom is -0.382 e. The van der Waals surface area contributed by atoms with Crippen molar-refractivity contribution >= 4 is 21.5 Å². The van der Waals surface area contributed by atoms with Crippen molar-refractivity contribution in [3.8, 4) is 0 Å². The molecule has 0 aliphatic carbocycles. The number of aryl methyl sites for hydroxylation is 1. The van der Waals surface area contributed by atoms with Crippen molar-refractivity contribution in [3.05, 3.63) is 47.8 Å². The van der Waals surface area contributed by atoms with Crippen molar-refractivity contribution in [2.75, 3.05) is 34.8 Å². The molecule has 1 aromatic heterocycles. The number of nitrogens with one attached hydrogen (secondary N) is 1. The van der Waals surface area contributed by atoms with Crippen LogP contribution < -0.4 is 10.2 Å². The largest absolute Gasteiger partial charge is 0.382 e. The molecular formula is C22H31N5O2S. The second-order valence-electron chi connectivity index (χ2n) is 8.78. The Morgan fingerprint density at radius 3 is 2.63 bits per heavy atom. The Morgan fingerprint density at radius 2 is 2.00 bits per heavy atom. The van der Waals surface area contributed by atoms with Crippen molar-refractivity contribution < 1.29 is 8.42 Å². The molecule has 0 spiro atoms. The van der Waals surface area contributed by atoms with Gasteiger partial charge in [-0.3, -0.25) is 4.57 Å². The van der Waals surface area contributed by atoms with Gasteiger partial charge in [0.15, 0.2) is 9.84 Å². The fraction of sp³-hybridized carbons (Fsp3) is 0.545. The Morgan fingerprint density at radius 1 is 1.23 bits per heavy atom. The first-order valence-corrected chi connectivity index (χ1v) is 12.5. The molecule has 2 saturated heterocycles. The van der Waals surface area contributed by atoms with Crippen LogP contribution >= 0.6 is 0 Å². The average Bonchev–Trinajstić information content (AvgIpc) is 3.25. The van der Waals surface area contributed by atoms with Crippen molar-refractivity contribution in [1.29, 1.82) is 0 Å². The van der Waals surface area contributed by atoms with E-state index in [0.29, 0.717) is 19.0 Å². The summed E-state index contributed by atoms with van der Waals surface area (Å²) in [4.78, 5) is 2.28. The van der Waals surface area contributed by atoms with Gasteiger partial charge in [-0.15, -0.1) is 10.2 Å². The second kappa shape index (κ2) is 8.41.